The largest absolute Gasteiger partial charge is 0.375 e. The number of aromatic nitrogens is 1. The first-order valence-electron chi connectivity index (χ1n) is 6.83. The van der Waals surface area contributed by atoms with Gasteiger partial charge >= 0.3 is 0 Å². The van der Waals surface area contributed by atoms with Crippen molar-refractivity contribution in [2.45, 2.75) is 32.4 Å². The van der Waals surface area contributed by atoms with Gasteiger partial charge in [0.1, 0.15) is 0 Å². The number of halogens is 1. The first-order valence-corrected chi connectivity index (χ1v) is 6.83. The Morgan fingerprint density at radius 1 is 1.65 bits per heavy atom. The Kier molecular flexibility index (Phi) is 4.54. The van der Waals surface area contributed by atoms with Crippen LogP contribution in [0.25, 0.3) is 0 Å². The molecule has 1 aromatic rings. The van der Waals surface area contributed by atoms with Gasteiger partial charge in [-0.25, -0.2) is 9.37 Å². The number of carbonyl (C=O) groups excluding carboxylic acids is 1. The third-order valence-electron chi connectivity index (χ3n) is 3.56. The molecule has 1 aliphatic heterocycles. The molecule has 2 rings (SSSR count). The molecular weight excluding hydrogens is 261 g/mol. The molecule has 2 heterocycles. The van der Waals surface area contributed by atoms with Gasteiger partial charge in [-0.3, -0.25) is 4.79 Å². The number of nitrogens with zero attached hydrogens (tertiary/aromatic N) is 2. The van der Waals surface area contributed by atoms with E-state index in [9.17, 15) is 9.18 Å². The lowest BCUT2D eigenvalue weighted by Gasteiger charge is -2.38. The summed E-state index contributed by atoms with van der Waals surface area (Å²) in [4.78, 5) is 18.1. The molecule has 0 aromatic carbocycles. The predicted octanol–water partition coefficient (Wildman–Crippen LogP) is 1.90. The first kappa shape index (κ1) is 14.7. The highest BCUT2D eigenvalue weighted by molar-refractivity contribution is 5.95. The lowest BCUT2D eigenvalue weighted by Crippen LogP contribution is -2.51. The summed E-state index contributed by atoms with van der Waals surface area (Å²) in [6, 6.07) is 1.41. The van der Waals surface area contributed by atoms with Gasteiger partial charge in [0, 0.05) is 19.8 Å². The van der Waals surface area contributed by atoms with Crippen LogP contribution in [0.5, 0.6) is 0 Å². The molecule has 1 amide bonds. The molecule has 2 unspecified atom stereocenters. The molecule has 0 bridgehead atoms. The Morgan fingerprint density at radius 3 is 3.05 bits per heavy atom. The summed E-state index contributed by atoms with van der Waals surface area (Å²) in [7, 11) is 1.57. The lowest BCUT2D eigenvalue weighted by molar-refractivity contribution is -0.0445. The molecule has 5 nitrogen and oxygen atoms in total. The lowest BCUT2D eigenvalue weighted by atomic mass is 10.1. The molecule has 1 fully saturated rings. The molecule has 0 saturated carbocycles. The van der Waals surface area contributed by atoms with Crippen molar-refractivity contribution in [3.05, 3.63) is 23.6 Å². The number of carbonyl (C=O) groups is 1. The topological polar surface area (TPSA) is 54.5 Å². The summed E-state index contributed by atoms with van der Waals surface area (Å²) in [5, 5.41) is 2.65. The van der Waals surface area contributed by atoms with Crippen LogP contribution in [0.3, 0.4) is 0 Å². The zero-order chi connectivity index (χ0) is 14.7. The Morgan fingerprint density at radius 2 is 2.40 bits per heavy atom. The average Bonchev–Trinajstić information content (AvgIpc) is 2.46. The normalized spacial score (nSPS) is 22.7. The van der Waals surface area contributed by atoms with Gasteiger partial charge in [-0.1, -0.05) is 6.92 Å². The van der Waals surface area contributed by atoms with Gasteiger partial charge in [0.2, 0.25) is 0 Å². The van der Waals surface area contributed by atoms with Gasteiger partial charge in [-0.2, -0.15) is 0 Å². The van der Waals surface area contributed by atoms with Crippen molar-refractivity contribution in [1.82, 2.24) is 9.88 Å². The Hall–Kier alpha value is -1.69. The second-order valence-corrected chi connectivity index (χ2v) is 4.93. The van der Waals surface area contributed by atoms with Crippen LogP contribution in [0.4, 0.5) is 10.2 Å². The van der Waals surface area contributed by atoms with E-state index in [4.69, 9.17) is 4.74 Å². The van der Waals surface area contributed by atoms with Crippen molar-refractivity contribution in [3.8, 4) is 0 Å². The monoisotopic (exact) mass is 281 g/mol. The number of amides is 1. The van der Waals surface area contributed by atoms with E-state index in [1.54, 1.807) is 11.9 Å². The number of hydrogen-bond donors (Lipinski definition) is 1. The van der Waals surface area contributed by atoms with Crippen LogP contribution in [0.15, 0.2) is 12.3 Å². The van der Waals surface area contributed by atoms with Crippen LogP contribution in [0.1, 0.15) is 30.6 Å². The molecular formula is C14H20FN3O2. The number of anilines is 1. The van der Waals surface area contributed by atoms with Crippen LogP contribution in [-0.2, 0) is 4.74 Å². The maximum absolute atomic E-state index is 14.2. The van der Waals surface area contributed by atoms with Crippen LogP contribution >= 0.6 is 0 Å². The van der Waals surface area contributed by atoms with E-state index in [1.807, 2.05) is 13.8 Å². The maximum atomic E-state index is 14.2. The molecule has 0 radical (unpaired) electrons. The maximum Gasteiger partial charge on any atom is 0.257 e. The second kappa shape index (κ2) is 6.17. The molecule has 110 valence electrons. The Balaban J connectivity index is 2.29. The van der Waals surface area contributed by atoms with Crippen molar-refractivity contribution in [3.63, 3.8) is 0 Å². The molecule has 2 atom stereocenters. The number of hydrogen-bond acceptors (Lipinski definition) is 4. The molecule has 0 spiro atoms. The van der Waals surface area contributed by atoms with Gasteiger partial charge in [-0.15, -0.1) is 0 Å². The van der Waals surface area contributed by atoms with E-state index in [2.05, 4.69) is 10.3 Å². The summed E-state index contributed by atoms with van der Waals surface area (Å²) in [6.07, 6.45) is 2.19. The Bertz CT molecular complexity index is 495. The summed E-state index contributed by atoms with van der Waals surface area (Å²) < 4.78 is 19.8. The summed E-state index contributed by atoms with van der Waals surface area (Å²) in [5.41, 5.74) is 0.0527. The van der Waals surface area contributed by atoms with Crippen molar-refractivity contribution < 1.29 is 13.9 Å². The number of pyridine rings is 1. The average molecular weight is 281 g/mol. The molecule has 6 heteroatoms. The first-order chi connectivity index (χ1) is 9.58. The molecule has 1 aliphatic rings. The minimum atomic E-state index is -0.603. The van der Waals surface area contributed by atoms with Gasteiger partial charge in [-0.05, 0) is 19.4 Å². The number of nitrogens with one attached hydrogen (secondary N) is 1. The van der Waals surface area contributed by atoms with Gasteiger partial charge in [0.25, 0.3) is 5.91 Å². The highest BCUT2D eigenvalue weighted by Crippen LogP contribution is 2.21. The number of ether oxygens (including phenoxy) is 1. The van der Waals surface area contributed by atoms with E-state index in [0.717, 1.165) is 6.42 Å². The van der Waals surface area contributed by atoms with E-state index in [-0.39, 0.29) is 29.4 Å². The highest BCUT2D eigenvalue weighted by Gasteiger charge is 2.31. The van der Waals surface area contributed by atoms with Gasteiger partial charge in [0.05, 0.1) is 24.3 Å². The molecule has 0 aliphatic carbocycles. The van der Waals surface area contributed by atoms with Crippen LogP contribution in [0.2, 0.25) is 0 Å². The fraction of sp³-hybridized carbons (Fsp3) is 0.571. The van der Waals surface area contributed by atoms with E-state index < -0.39 is 5.82 Å². The fourth-order valence-corrected chi connectivity index (χ4v) is 2.37. The Labute approximate surface area is 118 Å². The van der Waals surface area contributed by atoms with Crippen LogP contribution in [-0.4, -0.2) is 48.1 Å². The highest BCUT2D eigenvalue weighted by atomic mass is 19.1. The fourth-order valence-electron chi connectivity index (χ4n) is 2.37. The second-order valence-electron chi connectivity index (χ2n) is 4.93. The summed E-state index contributed by atoms with van der Waals surface area (Å²) >= 11 is 0. The molecule has 20 heavy (non-hydrogen) atoms. The van der Waals surface area contributed by atoms with Crippen molar-refractivity contribution >= 4 is 11.7 Å². The van der Waals surface area contributed by atoms with E-state index >= 15 is 0 Å². The van der Waals surface area contributed by atoms with Gasteiger partial charge in [0.15, 0.2) is 11.6 Å². The number of rotatable bonds is 3. The predicted molar refractivity (Wildman–Crippen MR) is 74.3 cm³/mol. The molecule has 1 aromatic heterocycles. The standard InChI is InChI=1S/C14H20FN3O2/c1-4-10-8-20-9(2)7-18(10)14(19)11-5-6-17-13(16-3)12(11)15/h5-6,9-10H,4,7-8H2,1-3H3,(H,16,17). The van der Waals surface area contributed by atoms with Crippen molar-refractivity contribution in [2.24, 2.45) is 0 Å². The zero-order valence-electron chi connectivity index (χ0n) is 12.0. The SMILES string of the molecule is CCC1COC(C)CN1C(=O)c1ccnc(NC)c1F. The van der Waals surface area contributed by atoms with Crippen molar-refractivity contribution in [2.75, 3.05) is 25.5 Å². The third kappa shape index (κ3) is 2.75. The summed E-state index contributed by atoms with van der Waals surface area (Å²) in [5.74, 6) is -0.817. The zero-order valence-corrected chi connectivity index (χ0v) is 12.0. The van der Waals surface area contributed by atoms with E-state index in [1.165, 1.54) is 12.3 Å². The number of morpholine rings is 1. The van der Waals surface area contributed by atoms with Crippen LogP contribution in [0, 0.1) is 5.82 Å². The van der Waals surface area contributed by atoms with Crippen LogP contribution < -0.4 is 5.32 Å². The molecule has 1 N–H and O–H groups in total. The van der Waals surface area contributed by atoms with Crippen molar-refractivity contribution in [1.29, 1.82) is 0 Å². The quantitative estimate of drug-likeness (QED) is 0.919. The smallest absolute Gasteiger partial charge is 0.257 e. The minimum absolute atomic E-state index is 0.00991. The van der Waals surface area contributed by atoms with Gasteiger partial charge < -0.3 is 15.0 Å². The minimum Gasteiger partial charge on any atom is -0.375 e. The third-order valence-corrected chi connectivity index (χ3v) is 3.56. The molecule has 1 saturated heterocycles. The van der Waals surface area contributed by atoms with E-state index in [0.29, 0.717) is 13.2 Å². The summed E-state index contributed by atoms with van der Waals surface area (Å²) in [6.45, 7) is 4.88.